The number of rotatable bonds is 9. The van der Waals surface area contributed by atoms with Crippen LogP contribution in [0, 0.1) is 6.92 Å². The Kier molecular flexibility index (Phi) is 7.00. The summed E-state index contributed by atoms with van der Waals surface area (Å²) in [5.74, 6) is 2.15. The molecule has 29 heavy (non-hydrogen) atoms. The molecule has 0 saturated carbocycles. The molecule has 0 unspecified atom stereocenters. The molecule has 0 radical (unpaired) electrons. The number of amides is 1. The van der Waals surface area contributed by atoms with Crippen LogP contribution in [0.3, 0.4) is 0 Å². The van der Waals surface area contributed by atoms with Crippen molar-refractivity contribution in [2.75, 3.05) is 17.0 Å². The zero-order valence-corrected chi connectivity index (χ0v) is 17.6. The van der Waals surface area contributed by atoms with Gasteiger partial charge in [0.25, 0.3) is 15.9 Å². The number of hydrogen-bond donors (Lipinski definition) is 2. The van der Waals surface area contributed by atoms with E-state index in [1.54, 1.807) is 61.3 Å². The second kappa shape index (κ2) is 9.67. The molecule has 1 heterocycles. The Morgan fingerprint density at radius 2 is 1.83 bits per heavy atom. The average molecular weight is 431 g/mol. The zero-order valence-electron chi connectivity index (χ0n) is 15.9. The number of thioether (sulfide) groups is 1. The van der Waals surface area contributed by atoms with Crippen molar-refractivity contribution in [3.05, 3.63) is 83.8 Å². The van der Waals surface area contributed by atoms with Gasteiger partial charge < -0.3 is 9.73 Å². The number of sulfonamides is 1. The SMILES string of the molecule is Cc1c(NS(=O)(=O)c2ccccc2)cccc1C(=O)NCCSCc1ccco1. The van der Waals surface area contributed by atoms with Crippen LogP contribution in [0.5, 0.6) is 0 Å². The van der Waals surface area contributed by atoms with E-state index in [-0.39, 0.29) is 10.8 Å². The van der Waals surface area contributed by atoms with Gasteiger partial charge in [0.05, 0.1) is 22.6 Å². The smallest absolute Gasteiger partial charge is 0.261 e. The van der Waals surface area contributed by atoms with Gasteiger partial charge in [-0.05, 0) is 48.9 Å². The van der Waals surface area contributed by atoms with Crippen LogP contribution < -0.4 is 10.0 Å². The van der Waals surface area contributed by atoms with Crippen LogP contribution in [-0.4, -0.2) is 26.6 Å². The maximum atomic E-state index is 12.6. The summed E-state index contributed by atoms with van der Waals surface area (Å²) in [4.78, 5) is 12.7. The van der Waals surface area contributed by atoms with Crippen LogP contribution in [0.25, 0.3) is 0 Å². The second-order valence-corrected chi connectivity index (χ2v) is 9.07. The monoisotopic (exact) mass is 430 g/mol. The molecule has 0 fully saturated rings. The fourth-order valence-electron chi connectivity index (χ4n) is 2.69. The van der Waals surface area contributed by atoms with Crippen LogP contribution in [0.4, 0.5) is 5.69 Å². The van der Waals surface area contributed by atoms with Crippen LogP contribution in [0.1, 0.15) is 21.7 Å². The van der Waals surface area contributed by atoms with Crippen molar-refractivity contribution in [2.24, 2.45) is 0 Å². The van der Waals surface area contributed by atoms with Crippen LogP contribution in [0.2, 0.25) is 0 Å². The van der Waals surface area contributed by atoms with Crippen LogP contribution in [-0.2, 0) is 15.8 Å². The first kappa shape index (κ1) is 21.0. The van der Waals surface area contributed by atoms with Gasteiger partial charge in [0.2, 0.25) is 0 Å². The van der Waals surface area contributed by atoms with E-state index in [1.165, 1.54) is 12.1 Å². The summed E-state index contributed by atoms with van der Waals surface area (Å²) in [5.41, 5.74) is 1.40. The summed E-state index contributed by atoms with van der Waals surface area (Å²) in [7, 11) is -3.72. The topological polar surface area (TPSA) is 88.4 Å². The molecule has 0 bridgehead atoms. The summed E-state index contributed by atoms with van der Waals surface area (Å²) in [6.07, 6.45) is 1.64. The van der Waals surface area contributed by atoms with Gasteiger partial charge in [-0.2, -0.15) is 11.8 Å². The Labute approximate surface area is 174 Å². The molecule has 0 aliphatic rings. The van der Waals surface area contributed by atoms with Gasteiger partial charge in [0.15, 0.2) is 0 Å². The van der Waals surface area contributed by atoms with Gasteiger partial charge in [0.1, 0.15) is 5.76 Å². The first-order chi connectivity index (χ1) is 14.0. The highest BCUT2D eigenvalue weighted by Gasteiger charge is 2.17. The molecule has 1 aromatic heterocycles. The fourth-order valence-corrected chi connectivity index (χ4v) is 4.60. The number of hydrogen-bond acceptors (Lipinski definition) is 5. The first-order valence-electron chi connectivity index (χ1n) is 9.03. The lowest BCUT2D eigenvalue weighted by atomic mass is 10.1. The number of carbonyl (C=O) groups is 1. The molecule has 0 aliphatic heterocycles. The van der Waals surface area contributed by atoms with Gasteiger partial charge in [-0.3, -0.25) is 9.52 Å². The third-order valence-electron chi connectivity index (χ3n) is 4.23. The number of furan rings is 1. The summed E-state index contributed by atoms with van der Waals surface area (Å²) in [5, 5.41) is 2.87. The lowest BCUT2D eigenvalue weighted by Crippen LogP contribution is -2.27. The Balaban J connectivity index is 1.59. The van der Waals surface area contributed by atoms with Gasteiger partial charge in [-0.1, -0.05) is 24.3 Å². The third-order valence-corrected chi connectivity index (χ3v) is 6.60. The highest BCUT2D eigenvalue weighted by Crippen LogP contribution is 2.22. The molecule has 3 aromatic rings. The second-order valence-electron chi connectivity index (χ2n) is 6.28. The van der Waals surface area contributed by atoms with E-state index in [4.69, 9.17) is 4.42 Å². The van der Waals surface area contributed by atoms with Gasteiger partial charge in [0, 0.05) is 17.9 Å². The zero-order chi connectivity index (χ0) is 20.7. The van der Waals surface area contributed by atoms with Gasteiger partial charge in [-0.15, -0.1) is 0 Å². The largest absolute Gasteiger partial charge is 0.468 e. The molecule has 0 aliphatic carbocycles. The molecule has 0 atom stereocenters. The minimum absolute atomic E-state index is 0.169. The van der Waals surface area contributed by atoms with E-state index < -0.39 is 10.0 Å². The van der Waals surface area contributed by atoms with Crippen molar-refractivity contribution in [1.29, 1.82) is 0 Å². The number of nitrogens with one attached hydrogen (secondary N) is 2. The quantitative estimate of drug-likeness (QED) is 0.500. The minimum atomic E-state index is -3.72. The molecular weight excluding hydrogens is 408 g/mol. The molecule has 2 aromatic carbocycles. The average Bonchev–Trinajstić information content (AvgIpc) is 3.23. The maximum absolute atomic E-state index is 12.6. The predicted octanol–water partition coefficient (Wildman–Crippen LogP) is 4.05. The molecule has 152 valence electrons. The van der Waals surface area contributed by atoms with Gasteiger partial charge in [-0.25, -0.2) is 8.42 Å². The first-order valence-corrected chi connectivity index (χ1v) is 11.7. The fraction of sp³-hybridized carbons (Fsp3) is 0.190. The molecule has 1 amide bonds. The highest BCUT2D eigenvalue weighted by molar-refractivity contribution is 7.98. The van der Waals surface area contributed by atoms with E-state index in [2.05, 4.69) is 10.0 Å². The number of anilines is 1. The van der Waals surface area contributed by atoms with Crippen LogP contribution >= 0.6 is 11.8 Å². The standard InChI is InChI=1S/C21H22N2O4S2/c1-16-19(21(24)22-12-14-28-15-17-7-6-13-27-17)10-5-11-20(16)23-29(25,26)18-8-3-2-4-9-18/h2-11,13,23H,12,14-15H2,1H3,(H,22,24). The Morgan fingerprint density at radius 1 is 1.03 bits per heavy atom. The van der Waals surface area contributed by atoms with E-state index in [0.717, 1.165) is 17.3 Å². The summed E-state index contributed by atoms with van der Waals surface area (Å²) >= 11 is 1.66. The lowest BCUT2D eigenvalue weighted by molar-refractivity contribution is 0.0955. The minimum Gasteiger partial charge on any atom is -0.468 e. The molecule has 8 heteroatoms. The molecule has 2 N–H and O–H groups in total. The third kappa shape index (κ3) is 5.65. The summed E-state index contributed by atoms with van der Waals surface area (Å²) < 4.78 is 32.9. The Bertz CT molecular complexity index is 1050. The number of carbonyl (C=O) groups excluding carboxylic acids is 1. The van der Waals surface area contributed by atoms with Crippen molar-refractivity contribution in [2.45, 2.75) is 17.6 Å². The van der Waals surface area contributed by atoms with Crippen molar-refractivity contribution >= 4 is 33.4 Å². The van der Waals surface area contributed by atoms with Crippen molar-refractivity contribution in [1.82, 2.24) is 5.32 Å². The molecule has 0 spiro atoms. The summed E-state index contributed by atoms with van der Waals surface area (Å²) in [6.45, 7) is 2.23. The van der Waals surface area contributed by atoms with E-state index in [9.17, 15) is 13.2 Å². The lowest BCUT2D eigenvalue weighted by Gasteiger charge is -2.14. The Morgan fingerprint density at radius 3 is 2.55 bits per heavy atom. The molecular formula is C21H22N2O4S2. The predicted molar refractivity (Wildman–Crippen MR) is 116 cm³/mol. The van der Waals surface area contributed by atoms with E-state index in [0.29, 0.717) is 23.4 Å². The molecule has 6 nitrogen and oxygen atoms in total. The number of benzene rings is 2. The van der Waals surface area contributed by atoms with Crippen molar-refractivity contribution in [3.8, 4) is 0 Å². The molecule has 3 rings (SSSR count). The van der Waals surface area contributed by atoms with E-state index >= 15 is 0 Å². The maximum Gasteiger partial charge on any atom is 0.261 e. The highest BCUT2D eigenvalue weighted by atomic mass is 32.2. The Hall–Kier alpha value is -2.71. The van der Waals surface area contributed by atoms with Crippen LogP contribution in [0.15, 0.2) is 76.2 Å². The van der Waals surface area contributed by atoms with Crippen molar-refractivity contribution in [3.63, 3.8) is 0 Å². The van der Waals surface area contributed by atoms with E-state index in [1.807, 2.05) is 12.1 Å². The molecule has 0 saturated heterocycles. The normalized spacial score (nSPS) is 11.2. The summed E-state index contributed by atoms with van der Waals surface area (Å²) in [6, 6.07) is 16.9. The van der Waals surface area contributed by atoms with Crippen molar-refractivity contribution < 1.29 is 17.6 Å². The van der Waals surface area contributed by atoms with Gasteiger partial charge >= 0.3 is 0 Å².